The molecule has 3 rings (SSSR count). The molecule has 1 aliphatic carbocycles. The molecule has 0 spiro atoms. The standard InChI is InChI=1S/C20H26N2O4/c1-13-17(14(2)26-22-13)12-25-18-10-9-15(11-19(18)24-3)20(23)21-16-7-5-4-6-8-16/h9-11,16H,4-8,12H2,1-3H3,(H,21,23). The molecule has 0 atom stereocenters. The highest BCUT2D eigenvalue weighted by Gasteiger charge is 2.18. The van der Waals surface area contributed by atoms with Crippen molar-refractivity contribution in [1.29, 1.82) is 0 Å². The van der Waals surface area contributed by atoms with Gasteiger partial charge in [-0.15, -0.1) is 0 Å². The summed E-state index contributed by atoms with van der Waals surface area (Å²) in [5.74, 6) is 1.80. The number of carbonyl (C=O) groups excluding carboxylic acids is 1. The summed E-state index contributed by atoms with van der Waals surface area (Å²) in [6.07, 6.45) is 5.74. The van der Waals surface area contributed by atoms with Crippen molar-refractivity contribution in [3.8, 4) is 11.5 Å². The first-order valence-corrected chi connectivity index (χ1v) is 9.12. The predicted octanol–water partition coefficient (Wildman–Crippen LogP) is 3.94. The van der Waals surface area contributed by atoms with E-state index in [0.717, 1.165) is 29.9 Å². The Balaban J connectivity index is 1.67. The molecule has 2 aromatic rings. The van der Waals surface area contributed by atoms with Crippen LogP contribution in [0.3, 0.4) is 0 Å². The number of rotatable bonds is 6. The first kappa shape index (κ1) is 18.3. The maximum atomic E-state index is 12.5. The van der Waals surface area contributed by atoms with E-state index in [9.17, 15) is 4.79 Å². The highest BCUT2D eigenvalue weighted by Crippen LogP contribution is 2.30. The van der Waals surface area contributed by atoms with Gasteiger partial charge in [0.2, 0.25) is 0 Å². The third-order valence-corrected chi connectivity index (χ3v) is 4.92. The second-order valence-corrected chi connectivity index (χ2v) is 6.77. The van der Waals surface area contributed by atoms with E-state index in [2.05, 4.69) is 10.5 Å². The molecule has 6 nitrogen and oxygen atoms in total. The highest BCUT2D eigenvalue weighted by atomic mass is 16.5. The molecular weight excluding hydrogens is 332 g/mol. The van der Waals surface area contributed by atoms with Gasteiger partial charge in [0.15, 0.2) is 11.5 Å². The van der Waals surface area contributed by atoms with Crippen LogP contribution in [0.15, 0.2) is 22.7 Å². The van der Waals surface area contributed by atoms with Gasteiger partial charge in [-0.3, -0.25) is 4.79 Å². The van der Waals surface area contributed by atoms with E-state index in [0.29, 0.717) is 23.7 Å². The lowest BCUT2D eigenvalue weighted by molar-refractivity contribution is 0.0927. The Labute approximate surface area is 153 Å². The number of aromatic nitrogens is 1. The summed E-state index contributed by atoms with van der Waals surface area (Å²) in [4.78, 5) is 12.5. The first-order chi connectivity index (χ1) is 12.6. The second-order valence-electron chi connectivity index (χ2n) is 6.77. The van der Waals surface area contributed by atoms with Gasteiger partial charge in [-0.2, -0.15) is 0 Å². The van der Waals surface area contributed by atoms with Gasteiger partial charge in [0.25, 0.3) is 5.91 Å². The summed E-state index contributed by atoms with van der Waals surface area (Å²) in [7, 11) is 1.57. The molecule has 1 fully saturated rings. The molecule has 1 saturated carbocycles. The Morgan fingerprint density at radius 1 is 1.23 bits per heavy atom. The van der Waals surface area contributed by atoms with Gasteiger partial charge in [-0.05, 0) is 44.9 Å². The SMILES string of the molecule is COc1cc(C(=O)NC2CCCCC2)ccc1OCc1c(C)noc1C. The van der Waals surface area contributed by atoms with Gasteiger partial charge < -0.3 is 19.3 Å². The Kier molecular flexibility index (Phi) is 5.81. The molecule has 1 N–H and O–H groups in total. The van der Waals surface area contributed by atoms with Gasteiger partial charge >= 0.3 is 0 Å². The molecule has 140 valence electrons. The summed E-state index contributed by atoms with van der Waals surface area (Å²) in [6.45, 7) is 4.07. The van der Waals surface area contributed by atoms with Crippen molar-refractivity contribution in [3.63, 3.8) is 0 Å². The fraction of sp³-hybridized carbons (Fsp3) is 0.500. The molecule has 1 aromatic heterocycles. The molecule has 0 bridgehead atoms. The van der Waals surface area contributed by atoms with Crippen molar-refractivity contribution >= 4 is 5.91 Å². The number of ether oxygens (including phenoxy) is 2. The maximum absolute atomic E-state index is 12.5. The molecule has 6 heteroatoms. The summed E-state index contributed by atoms with van der Waals surface area (Å²) in [6, 6.07) is 5.54. The number of hydrogen-bond donors (Lipinski definition) is 1. The molecule has 1 aromatic carbocycles. The molecule has 0 radical (unpaired) electrons. The van der Waals surface area contributed by atoms with E-state index in [1.54, 1.807) is 25.3 Å². The van der Waals surface area contributed by atoms with E-state index in [-0.39, 0.29) is 11.9 Å². The average Bonchev–Trinajstić information content (AvgIpc) is 2.98. The summed E-state index contributed by atoms with van der Waals surface area (Å²) >= 11 is 0. The fourth-order valence-electron chi connectivity index (χ4n) is 3.30. The van der Waals surface area contributed by atoms with Crippen molar-refractivity contribution in [2.45, 2.75) is 58.6 Å². The molecule has 1 aliphatic rings. The number of hydrogen-bond acceptors (Lipinski definition) is 5. The van der Waals surface area contributed by atoms with E-state index in [1.165, 1.54) is 19.3 Å². The van der Waals surface area contributed by atoms with Crippen LogP contribution in [0.4, 0.5) is 0 Å². The van der Waals surface area contributed by atoms with E-state index in [1.807, 2.05) is 13.8 Å². The lowest BCUT2D eigenvalue weighted by Crippen LogP contribution is -2.36. The van der Waals surface area contributed by atoms with Gasteiger partial charge in [0.05, 0.1) is 18.4 Å². The minimum absolute atomic E-state index is 0.0625. The van der Waals surface area contributed by atoms with Crippen LogP contribution in [0.2, 0.25) is 0 Å². The third-order valence-electron chi connectivity index (χ3n) is 4.92. The highest BCUT2D eigenvalue weighted by molar-refractivity contribution is 5.95. The van der Waals surface area contributed by atoms with Crippen molar-refractivity contribution in [2.75, 3.05) is 7.11 Å². The number of methoxy groups -OCH3 is 1. The summed E-state index contributed by atoms with van der Waals surface area (Å²) in [5.41, 5.74) is 2.31. The Morgan fingerprint density at radius 3 is 2.65 bits per heavy atom. The van der Waals surface area contributed by atoms with Crippen molar-refractivity contribution in [2.24, 2.45) is 0 Å². The number of amides is 1. The molecule has 1 amide bonds. The van der Waals surface area contributed by atoms with E-state index >= 15 is 0 Å². The second kappa shape index (κ2) is 8.25. The van der Waals surface area contributed by atoms with Crippen LogP contribution >= 0.6 is 0 Å². The Hall–Kier alpha value is -2.50. The lowest BCUT2D eigenvalue weighted by atomic mass is 9.95. The van der Waals surface area contributed by atoms with Crippen LogP contribution in [0.25, 0.3) is 0 Å². The topological polar surface area (TPSA) is 73.6 Å². The minimum Gasteiger partial charge on any atom is -0.493 e. The molecule has 0 unspecified atom stereocenters. The maximum Gasteiger partial charge on any atom is 0.251 e. The van der Waals surface area contributed by atoms with E-state index < -0.39 is 0 Å². The Bertz CT molecular complexity index is 744. The molecule has 1 heterocycles. The van der Waals surface area contributed by atoms with Crippen molar-refractivity contribution in [1.82, 2.24) is 10.5 Å². The number of benzene rings is 1. The number of nitrogens with one attached hydrogen (secondary N) is 1. The quantitative estimate of drug-likeness (QED) is 0.846. The zero-order valence-corrected chi connectivity index (χ0v) is 15.6. The summed E-state index contributed by atoms with van der Waals surface area (Å²) < 4.78 is 16.4. The van der Waals surface area contributed by atoms with Crippen LogP contribution in [0.1, 0.15) is 59.5 Å². The monoisotopic (exact) mass is 358 g/mol. The zero-order valence-electron chi connectivity index (χ0n) is 15.6. The largest absolute Gasteiger partial charge is 0.493 e. The molecule has 0 saturated heterocycles. The van der Waals surface area contributed by atoms with Gasteiger partial charge in [0.1, 0.15) is 12.4 Å². The number of carbonyl (C=O) groups is 1. The van der Waals surface area contributed by atoms with Crippen LogP contribution < -0.4 is 14.8 Å². The number of aryl methyl sites for hydroxylation is 2. The van der Waals surface area contributed by atoms with Crippen LogP contribution in [-0.2, 0) is 6.61 Å². The lowest BCUT2D eigenvalue weighted by Gasteiger charge is -2.23. The third kappa shape index (κ3) is 4.18. The van der Waals surface area contributed by atoms with Gasteiger partial charge in [-0.1, -0.05) is 24.4 Å². The molecular formula is C20H26N2O4. The first-order valence-electron chi connectivity index (χ1n) is 9.12. The zero-order chi connectivity index (χ0) is 18.5. The Morgan fingerprint density at radius 2 is 2.00 bits per heavy atom. The summed E-state index contributed by atoms with van der Waals surface area (Å²) in [5, 5.41) is 7.04. The molecule has 26 heavy (non-hydrogen) atoms. The van der Waals surface area contributed by atoms with Gasteiger partial charge in [0, 0.05) is 11.6 Å². The predicted molar refractivity (Wildman–Crippen MR) is 97.6 cm³/mol. The number of nitrogens with zero attached hydrogens (tertiary/aromatic N) is 1. The smallest absolute Gasteiger partial charge is 0.251 e. The van der Waals surface area contributed by atoms with Crippen molar-refractivity contribution in [3.05, 3.63) is 40.8 Å². The van der Waals surface area contributed by atoms with Crippen molar-refractivity contribution < 1.29 is 18.8 Å². The molecule has 0 aliphatic heterocycles. The van der Waals surface area contributed by atoms with Crippen LogP contribution in [0.5, 0.6) is 11.5 Å². The normalized spacial score (nSPS) is 14.9. The fourth-order valence-corrected chi connectivity index (χ4v) is 3.30. The van der Waals surface area contributed by atoms with Gasteiger partial charge in [-0.25, -0.2) is 0 Å². The van der Waals surface area contributed by atoms with E-state index in [4.69, 9.17) is 14.0 Å². The van der Waals surface area contributed by atoms with Crippen LogP contribution in [-0.4, -0.2) is 24.2 Å². The minimum atomic E-state index is -0.0625. The average molecular weight is 358 g/mol. The van der Waals surface area contributed by atoms with Crippen LogP contribution in [0, 0.1) is 13.8 Å².